The molecule has 5 heteroatoms. The molecule has 5 nitrogen and oxygen atoms in total. The molecule has 1 saturated heterocycles. The Balaban J connectivity index is 1.47. The molecule has 2 aromatic carbocycles. The maximum atomic E-state index is 12.9. The quantitative estimate of drug-likeness (QED) is 0.779. The van der Waals surface area contributed by atoms with Gasteiger partial charge in [0.2, 0.25) is 0 Å². The number of fused-ring (bicyclic) bond motifs is 1. The molecule has 1 fully saturated rings. The van der Waals surface area contributed by atoms with Crippen LogP contribution in [0.1, 0.15) is 23.3 Å². The Hall–Kier alpha value is -3.08. The second kappa shape index (κ2) is 7.27. The average Bonchev–Trinajstić information content (AvgIpc) is 2.73. The van der Waals surface area contributed by atoms with Crippen molar-refractivity contribution in [2.45, 2.75) is 18.9 Å². The Labute approximate surface area is 158 Å². The van der Waals surface area contributed by atoms with Gasteiger partial charge in [-0.15, -0.1) is 0 Å². The molecule has 0 bridgehead atoms. The van der Waals surface area contributed by atoms with Gasteiger partial charge in [0.25, 0.3) is 11.5 Å². The van der Waals surface area contributed by atoms with Crippen LogP contribution in [0.3, 0.4) is 0 Å². The molecule has 0 aliphatic carbocycles. The molecule has 0 atom stereocenters. The predicted octanol–water partition coefficient (Wildman–Crippen LogP) is 3.27. The predicted molar refractivity (Wildman–Crippen MR) is 108 cm³/mol. The van der Waals surface area contributed by atoms with Crippen LogP contribution in [0.2, 0.25) is 0 Å². The summed E-state index contributed by atoms with van der Waals surface area (Å²) in [6.45, 7) is 1.38. The molecule has 1 aliphatic heterocycles. The van der Waals surface area contributed by atoms with E-state index in [2.05, 4.69) is 29.1 Å². The monoisotopic (exact) mass is 361 g/mol. The first-order valence-electron chi connectivity index (χ1n) is 9.33. The van der Waals surface area contributed by atoms with Gasteiger partial charge in [0.15, 0.2) is 0 Å². The molecule has 3 aromatic rings. The summed E-state index contributed by atoms with van der Waals surface area (Å²) < 4.78 is 0. The number of nitrogens with one attached hydrogen (secondary N) is 1. The van der Waals surface area contributed by atoms with Gasteiger partial charge in [-0.3, -0.25) is 9.59 Å². The highest BCUT2D eigenvalue weighted by Crippen LogP contribution is 2.22. The lowest BCUT2D eigenvalue weighted by Crippen LogP contribution is -2.46. The molecule has 0 unspecified atom stereocenters. The largest absolute Gasteiger partial charge is 0.371 e. The zero-order chi connectivity index (χ0) is 18.8. The fraction of sp³-hybridized carbons (Fsp3) is 0.273. The maximum Gasteiger partial charge on any atom is 0.270 e. The van der Waals surface area contributed by atoms with Crippen molar-refractivity contribution < 1.29 is 4.79 Å². The van der Waals surface area contributed by atoms with E-state index >= 15 is 0 Å². The Morgan fingerprint density at radius 2 is 1.70 bits per heavy atom. The second-order valence-electron chi connectivity index (χ2n) is 7.07. The number of para-hydroxylation sites is 1. The van der Waals surface area contributed by atoms with E-state index in [0.717, 1.165) is 18.2 Å². The Kier molecular flexibility index (Phi) is 4.67. The van der Waals surface area contributed by atoms with Crippen molar-refractivity contribution in [3.63, 3.8) is 0 Å². The number of rotatable bonds is 3. The van der Waals surface area contributed by atoms with Gasteiger partial charge in [-0.25, -0.2) is 0 Å². The highest BCUT2D eigenvalue weighted by molar-refractivity contribution is 5.96. The molecule has 1 aliphatic rings. The van der Waals surface area contributed by atoms with E-state index in [1.54, 1.807) is 12.1 Å². The van der Waals surface area contributed by atoms with Gasteiger partial charge in [0.05, 0.1) is 0 Å². The molecule has 4 rings (SSSR count). The van der Waals surface area contributed by atoms with Gasteiger partial charge in [-0.2, -0.15) is 0 Å². The first-order chi connectivity index (χ1) is 13.1. The normalized spacial score (nSPS) is 15.1. The number of anilines is 1. The van der Waals surface area contributed by atoms with Crippen molar-refractivity contribution >= 4 is 22.4 Å². The summed E-state index contributed by atoms with van der Waals surface area (Å²) in [5.41, 5.74) is 1.35. The van der Waals surface area contributed by atoms with Gasteiger partial charge in [-0.1, -0.05) is 36.4 Å². The van der Waals surface area contributed by atoms with E-state index in [4.69, 9.17) is 0 Å². The summed E-state index contributed by atoms with van der Waals surface area (Å²) in [4.78, 5) is 32.0. The number of benzene rings is 2. The van der Waals surface area contributed by atoms with Crippen molar-refractivity contribution in [2.24, 2.45) is 0 Å². The number of amides is 1. The number of hydrogen-bond donors (Lipinski definition) is 1. The molecule has 0 saturated carbocycles. The number of carbonyl (C=O) groups is 1. The molecule has 1 amide bonds. The van der Waals surface area contributed by atoms with Crippen LogP contribution in [0.5, 0.6) is 0 Å². The van der Waals surface area contributed by atoms with Crippen molar-refractivity contribution in [3.05, 3.63) is 76.7 Å². The number of H-pyrrole nitrogens is 1. The van der Waals surface area contributed by atoms with Crippen LogP contribution >= 0.6 is 0 Å². The standard InChI is InChI=1S/C22H23N3O2/c1-24(17-8-3-2-4-9-17)18-11-13-25(14-12-18)22(27)20-15-16-7-5-6-10-19(16)21(26)23-20/h2-10,15,18H,11-14H2,1H3,(H,23,26). The minimum atomic E-state index is -0.213. The van der Waals surface area contributed by atoms with E-state index in [1.807, 2.05) is 41.3 Å². The fourth-order valence-electron chi connectivity index (χ4n) is 3.83. The van der Waals surface area contributed by atoms with Gasteiger partial charge in [0, 0.05) is 37.3 Å². The topological polar surface area (TPSA) is 56.4 Å². The molecule has 138 valence electrons. The number of nitrogens with zero attached hydrogens (tertiary/aromatic N) is 2. The number of piperidine rings is 1. The van der Waals surface area contributed by atoms with E-state index in [-0.39, 0.29) is 11.5 Å². The molecule has 1 N–H and O–H groups in total. The molecule has 0 radical (unpaired) electrons. The lowest BCUT2D eigenvalue weighted by atomic mass is 10.0. The molecule has 2 heterocycles. The van der Waals surface area contributed by atoms with E-state index in [9.17, 15) is 9.59 Å². The Morgan fingerprint density at radius 3 is 2.44 bits per heavy atom. The van der Waals surface area contributed by atoms with Crippen molar-refractivity contribution in [1.82, 2.24) is 9.88 Å². The molecule has 1 aromatic heterocycles. The van der Waals surface area contributed by atoms with Gasteiger partial charge >= 0.3 is 0 Å². The maximum absolute atomic E-state index is 12.9. The van der Waals surface area contributed by atoms with Crippen molar-refractivity contribution in [3.8, 4) is 0 Å². The van der Waals surface area contributed by atoms with Crippen LogP contribution in [0.15, 0.2) is 65.5 Å². The molecular weight excluding hydrogens is 338 g/mol. The SMILES string of the molecule is CN(c1ccccc1)C1CCN(C(=O)c2cc3ccccc3c(=O)[nH]2)CC1. The minimum Gasteiger partial charge on any atom is -0.371 e. The van der Waals surface area contributed by atoms with E-state index < -0.39 is 0 Å². The summed E-state index contributed by atoms with van der Waals surface area (Å²) in [6, 6.07) is 19.8. The number of hydrogen-bond acceptors (Lipinski definition) is 3. The van der Waals surface area contributed by atoms with Crippen LogP contribution < -0.4 is 10.5 Å². The zero-order valence-corrected chi connectivity index (χ0v) is 15.4. The summed E-state index contributed by atoms with van der Waals surface area (Å²) in [6.07, 6.45) is 1.82. The van der Waals surface area contributed by atoms with Gasteiger partial charge < -0.3 is 14.8 Å². The van der Waals surface area contributed by atoms with Crippen LogP contribution in [0.4, 0.5) is 5.69 Å². The van der Waals surface area contributed by atoms with Gasteiger partial charge in [-0.05, 0) is 42.5 Å². The van der Waals surface area contributed by atoms with E-state index in [0.29, 0.717) is 30.2 Å². The summed E-state index contributed by atoms with van der Waals surface area (Å²) >= 11 is 0. The number of likely N-dealkylation sites (tertiary alicyclic amines) is 1. The van der Waals surface area contributed by atoms with Crippen LogP contribution in [0, 0.1) is 0 Å². The van der Waals surface area contributed by atoms with E-state index in [1.165, 1.54) is 5.69 Å². The Bertz CT molecular complexity index is 1000. The lowest BCUT2D eigenvalue weighted by Gasteiger charge is -2.37. The third kappa shape index (κ3) is 3.45. The van der Waals surface area contributed by atoms with Crippen LogP contribution in [-0.2, 0) is 0 Å². The third-order valence-corrected chi connectivity index (χ3v) is 5.45. The van der Waals surface area contributed by atoms with Crippen LogP contribution in [0.25, 0.3) is 10.8 Å². The zero-order valence-electron chi connectivity index (χ0n) is 15.4. The highest BCUT2D eigenvalue weighted by atomic mass is 16.2. The number of pyridine rings is 1. The van der Waals surface area contributed by atoms with Gasteiger partial charge in [0.1, 0.15) is 5.69 Å². The lowest BCUT2D eigenvalue weighted by molar-refractivity contribution is 0.0707. The van der Waals surface area contributed by atoms with Crippen molar-refractivity contribution in [1.29, 1.82) is 0 Å². The smallest absolute Gasteiger partial charge is 0.270 e. The molecular formula is C22H23N3O2. The first kappa shape index (κ1) is 17.3. The minimum absolute atomic E-state index is 0.0985. The second-order valence-corrected chi connectivity index (χ2v) is 7.07. The first-order valence-corrected chi connectivity index (χ1v) is 9.33. The summed E-state index contributed by atoms with van der Waals surface area (Å²) in [5.74, 6) is -0.0985. The Morgan fingerprint density at radius 1 is 1.04 bits per heavy atom. The highest BCUT2D eigenvalue weighted by Gasteiger charge is 2.26. The molecule has 27 heavy (non-hydrogen) atoms. The number of aromatic nitrogens is 1. The third-order valence-electron chi connectivity index (χ3n) is 5.45. The van der Waals surface area contributed by atoms with Crippen LogP contribution in [-0.4, -0.2) is 42.0 Å². The summed E-state index contributed by atoms with van der Waals surface area (Å²) in [5, 5.41) is 1.40. The number of aromatic amines is 1. The average molecular weight is 361 g/mol. The number of carbonyl (C=O) groups excluding carboxylic acids is 1. The molecule has 0 spiro atoms. The fourth-order valence-corrected chi connectivity index (χ4v) is 3.83. The summed E-state index contributed by atoms with van der Waals surface area (Å²) in [7, 11) is 2.11. The van der Waals surface area contributed by atoms with Crippen molar-refractivity contribution in [2.75, 3.05) is 25.0 Å².